The summed E-state index contributed by atoms with van der Waals surface area (Å²) in [6, 6.07) is -6.45. The zero-order chi connectivity index (χ0) is 53.7. The minimum absolute atomic E-state index is 0.0455. The number of nitrogens with zero attached hydrogens (tertiary/aromatic N) is 1. The molecule has 2 bridgehead atoms. The summed E-state index contributed by atoms with van der Waals surface area (Å²) in [5.74, 6) is -12.7. The summed E-state index contributed by atoms with van der Waals surface area (Å²) in [5.41, 5.74) is 11.3. The van der Waals surface area contributed by atoms with E-state index in [9.17, 15) is 67.5 Å². The van der Waals surface area contributed by atoms with Gasteiger partial charge in [-0.05, 0) is 43.0 Å². The van der Waals surface area contributed by atoms with Gasteiger partial charge in [0, 0.05) is 43.3 Å². The van der Waals surface area contributed by atoms with E-state index in [1.54, 1.807) is 13.8 Å². The molecule has 5 rings (SSSR count). The van der Waals surface area contributed by atoms with Crippen LogP contribution in [0.25, 0.3) is 10.9 Å². The number of carbonyl (C=O) groups excluding carboxylic acids is 10. The fourth-order valence-corrected chi connectivity index (χ4v) is 9.95. The van der Waals surface area contributed by atoms with Crippen LogP contribution in [0.2, 0.25) is 0 Å². The molecule has 11 unspecified atom stereocenters. The van der Waals surface area contributed by atoms with Gasteiger partial charge in [-0.3, -0.25) is 47.4 Å². The minimum atomic E-state index is -2.42. The van der Waals surface area contributed by atoms with Crippen molar-refractivity contribution in [2.24, 2.45) is 23.3 Å². The van der Waals surface area contributed by atoms with Crippen molar-refractivity contribution in [2.75, 3.05) is 38.5 Å². The van der Waals surface area contributed by atoms with E-state index in [1.165, 1.54) is 25.1 Å². The molecular weight excluding hydrogens is 981 g/mol. The fourth-order valence-electron chi connectivity index (χ4n) is 8.55. The Balaban J connectivity index is 1.67. The highest BCUT2D eigenvalue weighted by Crippen LogP contribution is 2.30. The Hall–Kier alpha value is -6.91. The molecule has 11 atom stereocenters. The number of nitrogens with one attached hydrogen (secondary N) is 9. The number of ether oxygens (including phenoxy) is 1. The fraction of sp³-hybridized carbons (Fsp3) is 0.600. The van der Waals surface area contributed by atoms with Gasteiger partial charge in [-0.15, -0.1) is 0 Å². The number of aliphatic hydroxyl groups excluding tert-OH is 2. The maximum Gasteiger partial charge on any atom is 0.409 e. The van der Waals surface area contributed by atoms with Gasteiger partial charge in [0.2, 0.25) is 59.5 Å². The molecule has 28 heteroatoms. The number of H-pyrrole nitrogens is 1. The Morgan fingerprint density at radius 2 is 1.55 bits per heavy atom. The highest BCUT2D eigenvalue weighted by atomic mass is 32.2. The highest BCUT2D eigenvalue weighted by Gasteiger charge is 2.45. The number of phenolic OH excluding ortho intramolecular Hbond substituents is 1. The smallest absolute Gasteiger partial charge is 0.409 e. The van der Waals surface area contributed by atoms with Crippen LogP contribution in [-0.2, 0) is 65.1 Å². The number of fused-ring (bicyclic) bond motifs is 5. The first-order chi connectivity index (χ1) is 34.6. The Bertz CT molecular complexity index is 2440. The van der Waals surface area contributed by atoms with Crippen molar-refractivity contribution in [3.8, 4) is 5.75 Å². The van der Waals surface area contributed by atoms with Gasteiger partial charge < -0.3 is 83.9 Å². The largest absolute Gasteiger partial charge is 0.508 e. The van der Waals surface area contributed by atoms with Gasteiger partial charge in [0.15, 0.2) is 0 Å². The lowest BCUT2D eigenvalue weighted by molar-refractivity contribution is -0.145. The van der Waals surface area contributed by atoms with Gasteiger partial charge in [-0.2, -0.15) is 0 Å². The number of hydrogen-bond donors (Lipinski definition) is 14. The van der Waals surface area contributed by atoms with Crippen molar-refractivity contribution in [3.05, 3.63) is 23.8 Å². The molecule has 0 aliphatic carbocycles. The molecular formula is C45H66N12O15S. The average molecular weight is 1050 g/mol. The quantitative estimate of drug-likeness (QED) is 0.0662. The van der Waals surface area contributed by atoms with Gasteiger partial charge in [0.05, 0.1) is 47.7 Å². The molecule has 3 aliphatic heterocycles. The SMILES string of the molecule is CCC(C)C1NC(=O)CNC(=O)C2Cc3c([nH]c4cc(O)ccc34)S(=O)CC(NC(=O)CNC1=O)C(=O)NC(CC(N)=O)C(=O)N1CC(O)CC1C(=O)NC(C(C)C(O)OC(=O)NCCCCCCN)C(=O)N2. The topological polar surface area (TPSA) is 425 Å². The molecule has 1 aromatic carbocycles. The first-order valence-corrected chi connectivity index (χ1v) is 25.3. The van der Waals surface area contributed by atoms with Crippen molar-refractivity contribution in [1.29, 1.82) is 0 Å². The van der Waals surface area contributed by atoms with E-state index in [4.69, 9.17) is 16.2 Å². The van der Waals surface area contributed by atoms with Crippen LogP contribution in [0.3, 0.4) is 0 Å². The second kappa shape index (κ2) is 26.2. The Labute approximate surface area is 421 Å². The highest BCUT2D eigenvalue weighted by molar-refractivity contribution is 7.85. The van der Waals surface area contributed by atoms with Crippen molar-refractivity contribution in [3.63, 3.8) is 0 Å². The Morgan fingerprint density at radius 3 is 2.23 bits per heavy atom. The molecule has 2 aromatic rings. The van der Waals surface area contributed by atoms with Crippen LogP contribution < -0.4 is 54.0 Å². The number of aromatic amines is 1. The molecule has 16 N–H and O–H groups in total. The predicted octanol–water partition coefficient (Wildman–Crippen LogP) is -4.71. The summed E-state index contributed by atoms with van der Waals surface area (Å²) in [6.07, 6.45) is -3.37. The monoisotopic (exact) mass is 1050 g/mol. The number of phenols is 1. The molecule has 1 saturated heterocycles. The van der Waals surface area contributed by atoms with Gasteiger partial charge in [-0.1, -0.05) is 40.0 Å². The summed E-state index contributed by atoms with van der Waals surface area (Å²) in [6.45, 7) is 3.10. The van der Waals surface area contributed by atoms with E-state index in [0.717, 1.165) is 24.2 Å². The average Bonchev–Trinajstić information content (AvgIpc) is 3.91. The van der Waals surface area contributed by atoms with Crippen LogP contribution in [-0.4, -0.2) is 176 Å². The number of rotatable bonds is 13. The number of nitrogens with two attached hydrogens (primary N) is 2. The number of aromatic hydroxyl groups is 1. The van der Waals surface area contributed by atoms with Crippen molar-refractivity contribution in [2.45, 2.75) is 126 Å². The minimum Gasteiger partial charge on any atom is -0.508 e. The van der Waals surface area contributed by atoms with Crippen LogP contribution in [0.4, 0.5) is 4.79 Å². The van der Waals surface area contributed by atoms with E-state index < -0.39 is 175 Å². The number of unbranched alkanes of at least 4 members (excludes halogenated alkanes) is 3. The second-order valence-electron chi connectivity index (χ2n) is 18.3. The van der Waals surface area contributed by atoms with Crippen LogP contribution in [0.1, 0.15) is 71.3 Å². The molecule has 0 spiro atoms. The molecule has 0 saturated carbocycles. The summed E-state index contributed by atoms with van der Waals surface area (Å²) < 4.78 is 19.9. The van der Waals surface area contributed by atoms with Crippen LogP contribution in [0.5, 0.6) is 5.75 Å². The third kappa shape index (κ3) is 15.3. The van der Waals surface area contributed by atoms with Gasteiger partial charge in [0.25, 0.3) is 0 Å². The lowest BCUT2D eigenvalue weighted by Crippen LogP contribution is -2.62. The van der Waals surface area contributed by atoms with E-state index in [1.807, 2.05) is 0 Å². The van der Waals surface area contributed by atoms with Crippen LogP contribution in [0, 0.1) is 11.8 Å². The van der Waals surface area contributed by atoms with Gasteiger partial charge >= 0.3 is 6.09 Å². The lowest BCUT2D eigenvalue weighted by atomic mass is 9.97. The first kappa shape index (κ1) is 57.0. The molecule has 1 aromatic heterocycles. The Morgan fingerprint density at radius 1 is 0.863 bits per heavy atom. The zero-order valence-electron chi connectivity index (χ0n) is 40.7. The van der Waals surface area contributed by atoms with Crippen molar-refractivity contribution >= 4 is 81.0 Å². The molecule has 10 amide bonds. The van der Waals surface area contributed by atoms with Crippen molar-refractivity contribution in [1.82, 2.24) is 52.4 Å². The maximum absolute atomic E-state index is 14.8. The number of aromatic nitrogens is 1. The second-order valence-corrected chi connectivity index (χ2v) is 19.8. The standard InChI is InChI=1S/C45H66N12O15S/c1-4-21(2)35-40(66)50-17-33(61)51-30-20-73(71)42-26(25-10-9-23(58)13-27(25)54-42)15-28(37(63)49-18-34(62)55-35)52-41(67)36(22(3)44(69)72-45(70)48-12-8-6-5-7-11-46)56-39(65)31-14-24(59)19-57(31)43(68)29(16-32(47)60)53-38(30)64/h9-10,13,21-22,24,28-31,35-36,44,54,58-59,69H,4-8,11-12,14-20,46H2,1-3H3,(H2,47,60)(H,48,70)(H,49,63)(H,50,66)(H,51,61)(H,52,67)(H,53,64)(H,55,62)(H,56,65). The van der Waals surface area contributed by atoms with E-state index >= 15 is 0 Å². The third-order valence-corrected chi connectivity index (χ3v) is 14.3. The molecule has 27 nitrogen and oxygen atoms in total. The normalized spacial score (nSPS) is 26.3. The molecule has 4 heterocycles. The predicted molar refractivity (Wildman–Crippen MR) is 257 cm³/mol. The van der Waals surface area contributed by atoms with E-state index in [0.29, 0.717) is 19.4 Å². The number of hydrogen-bond acceptors (Lipinski definition) is 16. The summed E-state index contributed by atoms with van der Waals surface area (Å²) in [7, 11) is -2.42. The first-order valence-electron chi connectivity index (χ1n) is 24.0. The van der Waals surface area contributed by atoms with Gasteiger partial charge in [0.1, 0.15) is 47.0 Å². The molecule has 0 radical (unpaired) electrons. The molecule has 3 aliphatic rings. The zero-order valence-corrected chi connectivity index (χ0v) is 41.5. The number of alkyl carbamates (subject to hydrolysis) is 1. The Kier molecular flexibility index (Phi) is 20.4. The van der Waals surface area contributed by atoms with E-state index in [-0.39, 0.29) is 33.8 Å². The number of aliphatic hydroxyl groups is 2. The molecule has 73 heavy (non-hydrogen) atoms. The number of carbonyl (C=O) groups is 10. The number of primary amides is 1. The van der Waals surface area contributed by atoms with E-state index in [2.05, 4.69) is 47.5 Å². The third-order valence-electron chi connectivity index (χ3n) is 12.8. The number of benzene rings is 1. The van der Waals surface area contributed by atoms with Crippen molar-refractivity contribution < 1.29 is 72.2 Å². The lowest BCUT2D eigenvalue weighted by Gasteiger charge is -2.32. The summed E-state index contributed by atoms with van der Waals surface area (Å²) >= 11 is 0. The molecule has 1 fully saturated rings. The summed E-state index contributed by atoms with van der Waals surface area (Å²) in [5, 5.41) is 52.2. The van der Waals surface area contributed by atoms with Gasteiger partial charge in [-0.25, -0.2) is 4.79 Å². The van der Waals surface area contributed by atoms with Crippen LogP contribution in [0.15, 0.2) is 23.2 Å². The van der Waals surface area contributed by atoms with Crippen LogP contribution >= 0.6 is 0 Å². The number of amides is 10. The maximum atomic E-state index is 14.8. The summed E-state index contributed by atoms with van der Waals surface area (Å²) in [4.78, 5) is 142. The molecule has 402 valence electrons.